The zero-order valence-corrected chi connectivity index (χ0v) is 13.4. The first-order valence-corrected chi connectivity index (χ1v) is 8.55. The minimum absolute atomic E-state index is 0.142. The summed E-state index contributed by atoms with van der Waals surface area (Å²) in [6.07, 6.45) is 1.63. The molecule has 6 heteroatoms. The third-order valence-corrected chi connectivity index (χ3v) is 4.98. The molecule has 0 aliphatic carbocycles. The molecule has 1 N–H and O–H groups in total. The van der Waals surface area contributed by atoms with Crippen molar-refractivity contribution >= 4 is 20.8 Å². The number of nitrogens with one attached hydrogen (secondary N) is 1. The van der Waals surface area contributed by atoms with Crippen LogP contribution in [0.15, 0.2) is 65.7 Å². The molecule has 0 atom stereocenters. The Morgan fingerprint density at radius 1 is 1.00 bits per heavy atom. The van der Waals surface area contributed by atoms with Gasteiger partial charge in [0.1, 0.15) is 5.75 Å². The van der Waals surface area contributed by atoms with Crippen molar-refractivity contribution in [3.05, 3.63) is 66.5 Å². The van der Waals surface area contributed by atoms with Gasteiger partial charge in [-0.05, 0) is 24.3 Å². The highest BCUT2D eigenvalue weighted by molar-refractivity contribution is 7.89. The SMILES string of the molecule is COc1ccc(S(=O)(=O)NCc2ccccn2)c2ccccc12. The molecule has 0 aliphatic heterocycles. The van der Waals surface area contributed by atoms with E-state index < -0.39 is 10.0 Å². The highest BCUT2D eigenvalue weighted by Crippen LogP contribution is 2.30. The van der Waals surface area contributed by atoms with Gasteiger partial charge in [-0.3, -0.25) is 4.98 Å². The number of pyridine rings is 1. The van der Waals surface area contributed by atoms with E-state index in [2.05, 4.69) is 9.71 Å². The summed E-state index contributed by atoms with van der Waals surface area (Å²) in [5.74, 6) is 0.643. The van der Waals surface area contributed by atoms with Gasteiger partial charge in [-0.2, -0.15) is 0 Å². The second-order valence-electron chi connectivity index (χ2n) is 4.96. The molecule has 0 spiro atoms. The van der Waals surface area contributed by atoms with Crippen molar-refractivity contribution in [2.75, 3.05) is 7.11 Å². The van der Waals surface area contributed by atoms with Crippen LogP contribution in [0.5, 0.6) is 5.75 Å². The Hall–Kier alpha value is -2.44. The fourth-order valence-electron chi connectivity index (χ4n) is 2.41. The summed E-state index contributed by atoms with van der Waals surface area (Å²) in [7, 11) is -2.09. The molecular formula is C17H16N2O3S. The number of nitrogens with zero attached hydrogens (tertiary/aromatic N) is 1. The molecule has 0 saturated heterocycles. The van der Waals surface area contributed by atoms with Gasteiger partial charge in [0.15, 0.2) is 0 Å². The van der Waals surface area contributed by atoms with E-state index in [0.29, 0.717) is 16.8 Å². The first-order valence-electron chi connectivity index (χ1n) is 7.07. The summed E-state index contributed by atoms with van der Waals surface area (Å²) >= 11 is 0. The number of methoxy groups -OCH3 is 1. The third-order valence-electron chi connectivity index (χ3n) is 3.52. The van der Waals surface area contributed by atoms with Crippen LogP contribution in [0, 0.1) is 0 Å². The average Bonchev–Trinajstić information content (AvgIpc) is 2.60. The minimum Gasteiger partial charge on any atom is -0.496 e. The predicted molar refractivity (Wildman–Crippen MR) is 88.8 cm³/mol. The Labute approximate surface area is 135 Å². The Morgan fingerprint density at radius 2 is 1.74 bits per heavy atom. The molecule has 0 radical (unpaired) electrons. The average molecular weight is 328 g/mol. The van der Waals surface area contributed by atoms with Crippen LogP contribution in [0.25, 0.3) is 10.8 Å². The van der Waals surface area contributed by atoms with Crippen LogP contribution >= 0.6 is 0 Å². The molecule has 1 aromatic heterocycles. The summed E-state index contributed by atoms with van der Waals surface area (Å²) in [5, 5.41) is 1.39. The number of benzene rings is 2. The largest absolute Gasteiger partial charge is 0.496 e. The van der Waals surface area contributed by atoms with Crippen molar-refractivity contribution in [2.24, 2.45) is 0 Å². The molecule has 118 valence electrons. The lowest BCUT2D eigenvalue weighted by Gasteiger charge is -2.12. The lowest BCUT2D eigenvalue weighted by atomic mass is 10.1. The lowest BCUT2D eigenvalue weighted by molar-refractivity contribution is 0.419. The quantitative estimate of drug-likeness (QED) is 0.782. The van der Waals surface area contributed by atoms with Gasteiger partial charge < -0.3 is 4.74 Å². The van der Waals surface area contributed by atoms with Crippen LogP contribution < -0.4 is 9.46 Å². The molecule has 0 bridgehead atoms. The monoisotopic (exact) mass is 328 g/mol. The number of hydrogen-bond donors (Lipinski definition) is 1. The van der Waals surface area contributed by atoms with Crippen molar-refractivity contribution in [3.63, 3.8) is 0 Å². The number of rotatable bonds is 5. The predicted octanol–water partition coefficient (Wildman–Crippen LogP) is 2.72. The fraction of sp³-hybridized carbons (Fsp3) is 0.118. The van der Waals surface area contributed by atoms with E-state index in [1.807, 2.05) is 18.2 Å². The maximum atomic E-state index is 12.6. The Kier molecular flexibility index (Phi) is 4.27. The normalized spacial score (nSPS) is 11.5. The summed E-state index contributed by atoms with van der Waals surface area (Å²) in [6, 6.07) is 15.9. The van der Waals surface area contributed by atoms with Gasteiger partial charge in [-0.15, -0.1) is 0 Å². The maximum absolute atomic E-state index is 12.6. The highest BCUT2D eigenvalue weighted by Gasteiger charge is 2.18. The van der Waals surface area contributed by atoms with Crippen LogP contribution in [-0.4, -0.2) is 20.5 Å². The second kappa shape index (κ2) is 6.36. The van der Waals surface area contributed by atoms with Crippen LogP contribution in [0.1, 0.15) is 5.69 Å². The Balaban J connectivity index is 1.99. The number of sulfonamides is 1. The van der Waals surface area contributed by atoms with Crippen LogP contribution in [0.2, 0.25) is 0 Å². The van der Waals surface area contributed by atoms with Gasteiger partial charge in [-0.25, -0.2) is 13.1 Å². The van der Waals surface area contributed by atoms with Gasteiger partial charge in [0.25, 0.3) is 0 Å². The second-order valence-corrected chi connectivity index (χ2v) is 6.69. The number of ether oxygens (including phenoxy) is 1. The van der Waals surface area contributed by atoms with Gasteiger partial charge in [0.05, 0.1) is 24.2 Å². The number of hydrogen-bond acceptors (Lipinski definition) is 4. The fourth-order valence-corrected chi connectivity index (χ4v) is 3.61. The van der Waals surface area contributed by atoms with E-state index in [4.69, 9.17) is 4.74 Å². The van der Waals surface area contributed by atoms with Crippen molar-refractivity contribution < 1.29 is 13.2 Å². The summed E-state index contributed by atoms with van der Waals surface area (Å²) < 4.78 is 33.2. The van der Waals surface area contributed by atoms with Gasteiger partial charge in [0, 0.05) is 17.0 Å². The molecule has 3 rings (SSSR count). The van der Waals surface area contributed by atoms with E-state index >= 15 is 0 Å². The molecule has 23 heavy (non-hydrogen) atoms. The van der Waals surface area contributed by atoms with E-state index in [0.717, 1.165) is 5.39 Å². The first-order chi connectivity index (χ1) is 11.1. The van der Waals surface area contributed by atoms with Crippen LogP contribution in [0.4, 0.5) is 0 Å². The number of fused-ring (bicyclic) bond motifs is 1. The smallest absolute Gasteiger partial charge is 0.241 e. The van der Waals surface area contributed by atoms with E-state index in [1.165, 1.54) is 0 Å². The number of aromatic nitrogens is 1. The van der Waals surface area contributed by atoms with Crippen molar-refractivity contribution in [2.45, 2.75) is 11.4 Å². The lowest BCUT2D eigenvalue weighted by Crippen LogP contribution is -2.24. The van der Waals surface area contributed by atoms with E-state index in [-0.39, 0.29) is 11.4 Å². The van der Waals surface area contributed by atoms with Crippen molar-refractivity contribution in [1.29, 1.82) is 0 Å². The van der Waals surface area contributed by atoms with Gasteiger partial charge in [0.2, 0.25) is 10.0 Å². The highest BCUT2D eigenvalue weighted by atomic mass is 32.2. The van der Waals surface area contributed by atoms with E-state index in [1.54, 1.807) is 49.7 Å². The molecule has 0 fully saturated rings. The molecule has 5 nitrogen and oxygen atoms in total. The Morgan fingerprint density at radius 3 is 2.43 bits per heavy atom. The zero-order valence-electron chi connectivity index (χ0n) is 12.6. The summed E-state index contributed by atoms with van der Waals surface area (Å²) in [5.41, 5.74) is 0.661. The topological polar surface area (TPSA) is 68.3 Å². The molecule has 0 saturated carbocycles. The summed E-state index contributed by atoms with van der Waals surface area (Å²) in [4.78, 5) is 4.34. The molecule has 0 amide bonds. The molecule has 3 aromatic rings. The first kappa shape index (κ1) is 15.5. The minimum atomic E-state index is -3.66. The standard InChI is InChI=1S/C17H16N2O3S/c1-22-16-9-10-17(15-8-3-2-7-14(15)16)23(20,21)19-12-13-6-4-5-11-18-13/h2-11,19H,12H2,1H3. The third kappa shape index (κ3) is 3.18. The van der Waals surface area contributed by atoms with E-state index in [9.17, 15) is 8.42 Å². The van der Waals surface area contributed by atoms with Crippen molar-refractivity contribution in [3.8, 4) is 5.75 Å². The molecule has 0 unspecified atom stereocenters. The van der Waals surface area contributed by atoms with Crippen LogP contribution in [0.3, 0.4) is 0 Å². The maximum Gasteiger partial charge on any atom is 0.241 e. The summed E-state index contributed by atoms with van der Waals surface area (Å²) in [6.45, 7) is 0.142. The molecule has 1 heterocycles. The zero-order chi connectivity index (χ0) is 16.3. The van der Waals surface area contributed by atoms with Gasteiger partial charge in [-0.1, -0.05) is 30.3 Å². The van der Waals surface area contributed by atoms with Crippen molar-refractivity contribution in [1.82, 2.24) is 9.71 Å². The van der Waals surface area contributed by atoms with Crippen LogP contribution in [-0.2, 0) is 16.6 Å². The molecule has 2 aromatic carbocycles. The van der Waals surface area contributed by atoms with Gasteiger partial charge >= 0.3 is 0 Å². The molecule has 0 aliphatic rings. The molecular weight excluding hydrogens is 312 g/mol. The Bertz CT molecular complexity index is 925.